The van der Waals surface area contributed by atoms with E-state index in [9.17, 15) is 0 Å². The first-order valence-corrected chi connectivity index (χ1v) is 4.03. The van der Waals surface area contributed by atoms with Gasteiger partial charge in [-0.1, -0.05) is 5.16 Å². The monoisotopic (exact) mass is 186 g/mol. The Balaban J connectivity index is 2.05. The van der Waals surface area contributed by atoms with Crippen molar-refractivity contribution in [2.24, 2.45) is 0 Å². The van der Waals surface area contributed by atoms with Crippen LogP contribution in [0.1, 0.15) is 17.8 Å². The lowest BCUT2D eigenvalue weighted by Crippen LogP contribution is -2.22. The molecule has 0 saturated carbocycles. The third-order valence-electron chi connectivity index (χ3n) is 1.72. The van der Waals surface area contributed by atoms with Gasteiger partial charge in [0.2, 0.25) is 5.82 Å². The third-order valence-corrected chi connectivity index (χ3v) is 1.72. The number of rotatable bonds is 2. The number of hydrogen-bond acceptors (Lipinski definition) is 6. The first-order valence-electron chi connectivity index (χ1n) is 4.03. The molecule has 13 heavy (non-hydrogen) atoms. The summed E-state index contributed by atoms with van der Waals surface area (Å²) in [6.45, 7) is 1.32. The first-order chi connectivity index (χ1) is 6.40. The van der Waals surface area contributed by atoms with Crippen LogP contribution in [-0.2, 0) is 16.1 Å². The van der Waals surface area contributed by atoms with Gasteiger partial charge in [-0.25, -0.2) is 0 Å². The summed E-state index contributed by atoms with van der Waals surface area (Å²) >= 11 is 0. The van der Waals surface area contributed by atoms with Crippen LogP contribution in [-0.4, -0.2) is 35.1 Å². The highest BCUT2D eigenvalue weighted by Crippen LogP contribution is 2.17. The highest BCUT2D eigenvalue weighted by atomic mass is 16.6. The SMILES string of the molecule is OCc1nc(C2COCCO2)no1. The molecule has 0 bridgehead atoms. The van der Waals surface area contributed by atoms with Crippen LogP contribution in [0.4, 0.5) is 0 Å². The Morgan fingerprint density at radius 1 is 1.46 bits per heavy atom. The van der Waals surface area contributed by atoms with Gasteiger partial charge in [0.15, 0.2) is 0 Å². The Labute approximate surface area is 74.5 Å². The summed E-state index contributed by atoms with van der Waals surface area (Å²) in [7, 11) is 0. The highest BCUT2D eigenvalue weighted by Gasteiger charge is 2.21. The maximum Gasteiger partial charge on any atom is 0.252 e. The molecule has 0 radical (unpaired) electrons. The molecule has 6 heteroatoms. The Bertz CT molecular complexity index is 269. The minimum absolute atomic E-state index is 0.198. The van der Waals surface area contributed by atoms with Crippen molar-refractivity contribution in [2.75, 3.05) is 19.8 Å². The van der Waals surface area contributed by atoms with Crippen LogP contribution in [0.15, 0.2) is 4.52 Å². The summed E-state index contributed by atoms with van der Waals surface area (Å²) in [4.78, 5) is 3.92. The van der Waals surface area contributed by atoms with E-state index >= 15 is 0 Å². The lowest BCUT2D eigenvalue weighted by atomic mass is 10.3. The molecule has 0 aliphatic carbocycles. The van der Waals surface area contributed by atoms with E-state index in [-0.39, 0.29) is 18.6 Å². The number of nitrogens with zero attached hydrogens (tertiary/aromatic N) is 2. The van der Waals surface area contributed by atoms with Gasteiger partial charge in [0, 0.05) is 0 Å². The van der Waals surface area contributed by atoms with E-state index in [1.54, 1.807) is 0 Å². The molecule has 1 aliphatic rings. The van der Waals surface area contributed by atoms with Crippen molar-refractivity contribution in [2.45, 2.75) is 12.7 Å². The molecule has 1 aromatic rings. The molecular formula is C7H10N2O4. The number of aliphatic hydroxyl groups excluding tert-OH is 1. The van der Waals surface area contributed by atoms with E-state index in [1.807, 2.05) is 0 Å². The molecule has 1 atom stereocenters. The van der Waals surface area contributed by atoms with Crippen LogP contribution in [0.3, 0.4) is 0 Å². The van der Waals surface area contributed by atoms with Gasteiger partial charge in [-0.3, -0.25) is 0 Å². The molecule has 1 aliphatic heterocycles. The van der Waals surface area contributed by atoms with Gasteiger partial charge in [0.1, 0.15) is 12.7 Å². The second-order valence-corrected chi connectivity index (χ2v) is 2.64. The summed E-state index contributed by atoms with van der Waals surface area (Å²) in [6, 6.07) is 0. The van der Waals surface area contributed by atoms with Gasteiger partial charge < -0.3 is 19.1 Å². The second-order valence-electron chi connectivity index (χ2n) is 2.64. The van der Waals surface area contributed by atoms with Crippen molar-refractivity contribution < 1.29 is 19.1 Å². The maximum atomic E-state index is 8.68. The predicted octanol–water partition coefficient (Wildman–Crippen LogP) is -0.350. The van der Waals surface area contributed by atoms with Crippen LogP contribution in [0.5, 0.6) is 0 Å². The summed E-state index contributed by atoms with van der Waals surface area (Å²) in [5.74, 6) is 0.632. The summed E-state index contributed by atoms with van der Waals surface area (Å²) < 4.78 is 15.2. The van der Waals surface area contributed by atoms with Gasteiger partial charge >= 0.3 is 0 Å². The Morgan fingerprint density at radius 2 is 2.38 bits per heavy atom. The van der Waals surface area contributed by atoms with Crippen molar-refractivity contribution in [1.29, 1.82) is 0 Å². The average Bonchev–Trinajstić information content (AvgIpc) is 2.67. The fourth-order valence-electron chi connectivity index (χ4n) is 1.10. The van der Waals surface area contributed by atoms with Crippen molar-refractivity contribution in [3.63, 3.8) is 0 Å². The molecule has 1 saturated heterocycles. The van der Waals surface area contributed by atoms with E-state index in [1.165, 1.54) is 0 Å². The molecule has 0 amide bonds. The van der Waals surface area contributed by atoms with Gasteiger partial charge in [-0.15, -0.1) is 0 Å². The van der Waals surface area contributed by atoms with Crippen molar-refractivity contribution in [3.8, 4) is 0 Å². The normalized spacial score (nSPS) is 23.3. The molecule has 1 unspecified atom stereocenters. The topological polar surface area (TPSA) is 77.6 Å². The van der Waals surface area contributed by atoms with Crippen molar-refractivity contribution in [3.05, 3.63) is 11.7 Å². The highest BCUT2D eigenvalue weighted by molar-refractivity contribution is 4.91. The number of aromatic nitrogens is 2. The van der Waals surface area contributed by atoms with Crippen LogP contribution in [0.2, 0.25) is 0 Å². The Hall–Kier alpha value is -0.980. The first kappa shape index (κ1) is 8.61. The minimum Gasteiger partial charge on any atom is -0.387 e. The fourth-order valence-corrected chi connectivity index (χ4v) is 1.10. The van der Waals surface area contributed by atoms with E-state index in [0.717, 1.165) is 0 Å². The number of ether oxygens (including phenoxy) is 2. The maximum absolute atomic E-state index is 8.68. The van der Waals surface area contributed by atoms with Gasteiger partial charge in [-0.05, 0) is 0 Å². The minimum atomic E-state index is -0.266. The molecule has 1 aromatic heterocycles. The molecule has 6 nitrogen and oxygen atoms in total. The summed E-state index contributed by atoms with van der Waals surface area (Å²) in [5.41, 5.74) is 0. The average molecular weight is 186 g/mol. The van der Waals surface area contributed by atoms with Crippen molar-refractivity contribution >= 4 is 0 Å². The quantitative estimate of drug-likeness (QED) is 0.680. The van der Waals surface area contributed by atoms with Gasteiger partial charge in [0.25, 0.3) is 5.89 Å². The standard InChI is InChI=1S/C7H10N2O4/c10-3-6-8-7(9-13-6)5-4-11-1-2-12-5/h5,10H,1-4H2. The molecule has 72 valence electrons. The van der Waals surface area contributed by atoms with Gasteiger partial charge in [0.05, 0.1) is 19.8 Å². The Morgan fingerprint density at radius 3 is 3.00 bits per heavy atom. The number of aliphatic hydroxyl groups is 1. The third kappa shape index (κ3) is 1.85. The van der Waals surface area contributed by atoms with E-state index in [4.69, 9.17) is 19.1 Å². The summed E-state index contributed by atoms with van der Waals surface area (Å²) in [5, 5.41) is 12.3. The van der Waals surface area contributed by atoms with E-state index in [0.29, 0.717) is 25.6 Å². The molecule has 1 N–H and O–H groups in total. The molecule has 0 spiro atoms. The zero-order valence-corrected chi connectivity index (χ0v) is 6.97. The molecule has 1 fully saturated rings. The molecular weight excluding hydrogens is 176 g/mol. The Kier molecular flexibility index (Phi) is 2.53. The van der Waals surface area contributed by atoms with Crippen LogP contribution in [0, 0.1) is 0 Å². The van der Waals surface area contributed by atoms with Crippen LogP contribution in [0.25, 0.3) is 0 Å². The number of hydrogen-bond donors (Lipinski definition) is 1. The lowest BCUT2D eigenvalue weighted by molar-refractivity contribution is -0.0941. The van der Waals surface area contributed by atoms with Crippen molar-refractivity contribution in [1.82, 2.24) is 10.1 Å². The summed E-state index contributed by atoms with van der Waals surface area (Å²) in [6.07, 6.45) is -0.266. The van der Waals surface area contributed by atoms with E-state index in [2.05, 4.69) is 10.1 Å². The zero-order valence-electron chi connectivity index (χ0n) is 6.97. The molecule has 2 heterocycles. The fraction of sp³-hybridized carbons (Fsp3) is 0.714. The van der Waals surface area contributed by atoms with E-state index < -0.39 is 0 Å². The molecule has 0 aromatic carbocycles. The van der Waals surface area contributed by atoms with Crippen LogP contribution < -0.4 is 0 Å². The second kappa shape index (κ2) is 3.82. The van der Waals surface area contributed by atoms with Gasteiger partial charge in [-0.2, -0.15) is 4.98 Å². The predicted molar refractivity (Wildman–Crippen MR) is 39.7 cm³/mol. The lowest BCUT2D eigenvalue weighted by Gasteiger charge is -2.19. The zero-order chi connectivity index (χ0) is 9.10. The van der Waals surface area contributed by atoms with Crippen LogP contribution >= 0.6 is 0 Å². The molecule has 2 rings (SSSR count). The smallest absolute Gasteiger partial charge is 0.252 e. The largest absolute Gasteiger partial charge is 0.387 e.